The number of unbranched alkanes of at least 4 members (excludes halogenated alkanes) is 5. The van der Waals surface area contributed by atoms with Crippen LogP contribution in [0, 0.1) is 0 Å². The minimum atomic E-state index is -0.198. The van der Waals surface area contributed by atoms with E-state index in [9.17, 15) is 9.59 Å². The molecule has 1 saturated heterocycles. The molecule has 0 N–H and O–H groups in total. The number of ether oxygens (including phenoxy) is 2. The van der Waals surface area contributed by atoms with E-state index >= 15 is 0 Å². The number of thiocarbonyl (C=S) groups is 1. The van der Waals surface area contributed by atoms with Crippen LogP contribution in [-0.2, 0) is 14.3 Å². The number of amides is 1. The molecule has 1 aliphatic rings. The largest absolute Gasteiger partial charge is 0.494 e. The Morgan fingerprint density at radius 2 is 1.83 bits per heavy atom. The molecule has 1 heterocycles. The highest BCUT2D eigenvalue weighted by molar-refractivity contribution is 8.26. The molecule has 0 aliphatic carbocycles. The first-order valence-electron chi connectivity index (χ1n) is 10.6. The van der Waals surface area contributed by atoms with E-state index in [-0.39, 0.29) is 11.9 Å². The van der Waals surface area contributed by atoms with Crippen molar-refractivity contribution < 1.29 is 19.1 Å². The molecule has 0 atom stereocenters. The third-order valence-corrected chi connectivity index (χ3v) is 6.19. The molecule has 0 spiro atoms. The summed E-state index contributed by atoms with van der Waals surface area (Å²) in [5, 5.41) is 0. The summed E-state index contributed by atoms with van der Waals surface area (Å²) in [7, 11) is 1.39. The Kier molecular flexibility index (Phi) is 10.9. The number of rotatable bonds is 13. The molecule has 1 amide bonds. The summed E-state index contributed by atoms with van der Waals surface area (Å²) in [5.41, 5.74) is 0.951. The number of hydrogen-bond donors (Lipinski definition) is 0. The predicted molar refractivity (Wildman–Crippen MR) is 126 cm³/mol. The van der Waals surface area contributed by atoms with Crippen LogP contribution in [0.5, 0.6) is 5.75 Å². The van der Waals surface area contributed by atoms with Crippen LogP contribution in [0.2, 0.25) is 0 Å². The van der Waals surface area contributed by atoms with Gasteiger partial charge < -0.3 is 9.47 Å². The second-order valence-corrected chi connectivity index (χ2v) is 8.87. The molecular weight excluding hydrogens is 418 g/mol. The van der Waals surface area contributed by atoms with Gasteiger partial charge in [-0.25, -0.2) is 0 Å². The first-order chi connectivity index (χ1) is 14.5. The molecule has 0 saturated carbocycles. The van der Waals surface area contributed by atoms with Gasteiger partial charge in [0.25, 0.3) is 5.91 Å². The molecule has 1 aromatic rings. The number of benzene rings is 1. The van der Waals surface area contributed by atoms with Crippen molar-refractivity contribution in [2.75, 3.05) is 20.3 Å². The highest BCUT2D eigenvalue weighted by Gasteiger charge is 2.31. The van der Waals surface area contributed by atoms with Crippen LogP contribution >= 0.6 is 24.0 Å². The predicted octanol–water partition coefficient (Wildman–Crippen LogP) is 5.58. The van der Waals surface area contributed by atoms with Gasteiger partial charge in [-0.15, -0.1) is 0 Å². The van der Waals surface area contributed by atoms with Crippen molar-refractivity contribution in [3.63, 3.8) is 0 Å². The van der Waals surface area contributed by atoms with E-state index in [1.165, 1.54) is 38.1 Å². The lowest BCUT2D eigenvalue weighted by atomic mass is 10.2. The number of thioether (sulfide) groups is 1. The molecule has 0 bridgehead atoms. The highest BCUT2D eigenvalue weighted by Crippen LogP contribution is 2.33. The van der Waals surface area contributed by atoms with Crippen molar-refractivity contribution >= 4 is 46.3 Å². The molecule has 164 valence electrons. The molecule has 1 aromatic carbocycles. The fraction of sp³-hybridized carbons (Fsp3) is 0.522. The summed E-state index contributed by atoms with van der Waals surface area (Å²) < 4.78 is 11.0. The Morgan fingerprint density at radius 1 is 1.10 bits per heavy atom. The average Bonchev–Trinajstić information content (AvgIpc) is 3.01. The van der Waals surface area contributed by atoms with Gasteiger partial charge in [-0.1, -0.05) is 68.7 Å². The van der Waals surface area contributed by atoms with E-state index in [1.54, 1.807) is 4.90 Å². The number of methoxy groups -OCH3 is 1. The van der Waals surface area contributed by atoms with E-state index < -0.39 is 0 Å². The maximum Gasteiger partial charge on any atom is 0.305 e. The van der Waals surface area contributed by atoms with Crippen LogP contribution < -0.4 is 4.74 Å². The number of nitrogens with zero attached hydrogens (tertiary/aromatic N) is 1. The van der Waals surface area contributed by atoms with Crippen LogP contribution in [0.1, 0.15) is 63.9 Å². The molecule has 1 aliphatic heterocycles. The van der Waals surface area contributed by atoms with E-state index in [4.69, 9.17) is 17.0 Å². The van der Waals surface area contributed by atoms with Gasteiger partial charge in [0, 0.05) is 13.0 Å². The maximum absolute atomic E-state index is 12.7. The van der Waals surface area contributed by atoms with E-state index in [1.807, 2.05) is 30.3 Å². The lowest BCUT2D eigenvalue weighted by Gasteiger charge is -2.13. The standard InChI is InChI=1S/C23H31NO4S2/c1-3-4-5-9-16-28-19-13-11-18(12-14-19)17-20-22(26)24(23(29)30-20)15-8-6-7-10-21(25)27-2/h11-14,17H,3-10,15-16H2,1-2H3/b20-17-. The lowest BCUT2D eigenvalue weighted by molar-refractivity contribution is -0.140. The Bertz CT molecular complexity index is 746. The minimum Gasteiger partial charge on any atom is -0.494 e. The Hall–Kier alpha value is -1.86. The molecule has 1 fully saturated rings. The van der Waals surface area contributed by atoms with E-state index in [0.717, 1.165) is 43.6 Å². The Morgan fingerprint density at radius 3 is 2.53 bits per heavy atom. The van der Waals surface area contributed by atoms with E-state index in [2.05, 4.69) is 11.7 Å². The molecule has 0 unspecified atom stereocenters. The quantitative estimate of drug-likeness (QED) is 0.170. The third kappa shape index (κ3) is 8.11. The van der Waals surface area contributed by atoms with Gasteiger partial charge >= 0.3 is 5.97 Å². The zero-order valence-corrected chi connectivity index (χ0v) is 19.5. The van der Waals surface area contributed by atoms with Crippen molar-refractivity contribution in [3.8, 4) is 5.75 Å². The van der Waals surface area contributed by atoms with Crippen LogP contribution in [0.4, 0.5) is 0 Å². The minimum absolute atomic E-state index is 0.0470. The normalized spacial score (nSPS) is 15.1. The number of esters is 1. The SMILES string of the molecule is CCCCCCOc1ccc(/C=C2\SC(=S)N(CCCCCC(=O)OC)C2=O)cc1. The zero-order chi connectivity index (χ0) is 21.8. The summed E-state index contributed by atoms with van der Waals surface area (Å²) in [5.74, 6) is 0.605. The van der Waals surface area contributed by atoms with Crippen molar-refractivity contribution in [2.45, 2.75) is 58.3 Å². The molecule has 7 heteroatoms. The Balaban J connectivity index is 1.80. The van der Waals surface area contributed by atoms with E-state index in [0.29, 0.717) is 22.2 Å². The van der Waals surface area contributed by atoms with Gasteiger partial charge in [-0.05, 0) is 43.0 Å². The molecule has 2 rings (SSSR count). The average molecular weight is 450 g/mol. The van der Waals surface area contributed by atoms with Gasteiger partial charge in [-0.2, -0.15) is 0 Å². The van der Waals surface area contributed by atoms with Gasteiger partial charge in [0.2, 0.25) is 0 Å². The second kappa shape index (κ2) is 13.4. The van der Waals surface area contributed by atoms with Crippen LogP contribution in [-0.4, -0.2) is 41.4 Å². The topological polar surface area (TPSA) is 55.8 Å². The monoisotopic (exact) mass is 449 g/mol. The van der Waals surface area contributed by atoms with Crippen molar-refractivity contribution in [1.29, 1.82) is 0 Å². The number of hydrogen-bond acceptors (Lipinski definition) is 6. The lowest BCUT2D eigenvalue weighted by Crippen LogP contribution is -2.29. The van der Waals surface area contributed by atoms with Gasteiger partial charge in [0.1, 0.15) is 10.1 Å². The van der Waals surface area contributed by atoms with Gasteiger partial charge in [-0.3, -0.25) is 14.5 Å². The van der Waals surface area contributed by atoms with Crippen molar-refractivity contribution in [2.24, 2.45) is 0 Å². The van der Waals surface area contributed by atoms with Crippen molar-refractivity contribution in [3.05, 3.63) is 34.7 Å². The zero-order valence-electron chi connectivity index (χ0n) is 17.9. The fourth-order valence-corrected chi connectivity index (χ4v) is 4.35. The summed E-state index contributed by atoms with van der Waals surface area (Å²) >= 11 is 6.72. The third-order valence-electron chi connectivity index (χ3n) is 4.81. The molecular formula is C23H31NO4S2. The first kappa shape index (κ1) is 24.4. The summed E-state index contributed by atoms with van der Waals surface area (Å²) in [4.78, 5) is 26.1. The van der Waals surface area contributed by atoms with Gasteiger partial charge in [0.15, 0.2) is 0 Å². The van der Waals surface area contributed by atoms with Crippen LogP contribution in [0.15, 0.2) is 29.2 Å². The fourth-order valence-electron chi connectivity index (χ4n) is 3.04. The van der Waals surface area contributed by atoms with Crippen LogP contribution in [0.3, 0.4) is 0 Å². The second-order valence-electron chi connectivity index (χ2n) is 7.20. The molecule has 0 radical (unpaired) electrons. The molecule has 5 nitrogen and oxygen atoms in total. The molecule has 0 aromatic heterocycles. The summed E-state index contributed by atoms with van der Waals surface area (Å²) in [6.07, 6.45) is 9.43. The number of carbonyl (C=O) groups is 2. The first-order valence-corrected chi connectivity index (χ1v) is 11.8. The smallest absolute Gasteiger partial charge is 0.305 e. The Labute approximate surface area is 189 Å². The van der Waals surface area contributed by atoms with Crippen LogP contribution in [0.25, 0.3) is 6.08 Å². The number of carbonyl (C=O) groups excluding carboxylic acids is 2. The van der Waals surface area contributed by atoms with Gasteiger partial charge in [0.05, 0.1) is 18.6 Å². The molecule has 30 heavy (non-hydrogen) atoms. The maximum atomic E-state index is 12.7. The summed E-state index contributed by atoms with van der Waals surface area (Å²) in [6.45, 7) is 3.51. The van der Waals surface area contributed by atoms with Crippen molar-refractivity contribution in [1.82, 2.24) is 4.90 Å². The summed E-state index contributed by atoms with van der Waals surface area (Å²) in [6, 6.07) is 7.79. The highest BCUT2D eigenvalue weighted by atomic mass is 32.2.